The number of sulfonamides is 1. The van der Waals surface area contributed by atoms with Crippen LogP contribution in [-0.2, 0) is 10.0 Å². The van der Waals surface area contributed by atoms with Crippen molar-refractivity contribution in [3.63, 3.8) is 0 Å². The standard InChI is InChI=1S/C13H11ClN2O3S/c1-9(13-3-2-6-19-13)16-20(17,18)11-5-4-10(8-15)12(14)7-11/h2-7,9,16H,1H3. The number of nitrogens with zero attached hydrogens (tertiary/aromatic N) is 1. The topological polar surface area (TPSA) is 83.1 Å². The number of rotatable bonds is 4. The Morgan fingerprint density at radius 3 is 2.70 bits per heavy atom. The highest BCUT2D eigenvalue weighted by Crippen LogP contribution is 2.22. The van der Waals surface area contributed by atoms with Gasteiger partial charge in [-0.3, -0.25) is 0 Å². The first-order valence-corrected chi connectivity index (χ1v) is 7.55. The summed E-state index contributed by atoms with van der Waals surface area (Å²) < 4.78 is 32.0. The van der Waals surface area contributed by atoms with Gasteiger partial charge in [0.25, 0.3) is 0 Å². The summed E-state index contributed by atoms with van der Waals surface area (Å²) in [6.45, 7) is 1.67. The second-order valence-corrected chi connectivity index (χ2v) is 6.23. The molecular weight excluding hydrogens is 300 g/mol. The van der Waals surface area contributed by atoms with Crippen molar-refractivity contribution in [2.75, 3.05) is 0 Å². The van der Waals surface area contributed by atoms with Gasteiger partial charge >= 0.3 is 0 Å². The second kappa shape index (κ2) is 5.67. The van der Waals surface area contributed by atoms with E-state index in [1.165, 1.54) is 24.5 Å². The predicted octanol–water partition coefficient (Wildman–Crippen LogP) is 2.84. The van der Waals surface area contributed by atoms with Gasteiger partial charge in [-0.25, -0.2) is 13.1 Å². The summed E-state index contributed by atoms with van der Waals surface area (Å²) >= 11 is 5.84. The second-order valence-electron chi connectivity index (χ2n) is 4.11. The first-order chi connectivity index (χ1) is 9.44. The van der Waals surface area contributed by atoms with Crippen LogP contribution in [0.1, 0.15) is 24.3 Å². The summed E-state index contributed by atoms with van der Waals surface area (Å²) in [6, 6.07) is 8.68. The molecule has 1 atom stereocenters. The van der Waals surface area contributed by atoms with Crippen LogP contribution in [0.5, 0.6) is 0 Å². The molecule has 1 heterocycles. The third-order valence-electron chi connectivity index (χ3n) is 2.67. The van der Waals surface area contributed by atoms with Crippen molar-refractivity contribution in [1.29, 1.82) is 5.26 Å². The van der Waals surface area contributed by atoms with E-state index >= 15 is 0 Å². The maximum absolute atomic E-state index is 12.2. The number of halogens is 1. The predicted molar refractivity (Wildman–Crippen MR) is 73.6 cm³/mol. The Balaban J connectivity index is 2.27. The van der Waals surface area contributed by atoms with Gasteiger partial charge < -0.3 is 4.42 Å². The van der Waals surface area contributed by atoms with Crippen molar-refractivity contribution in [3.05, 3.63) is 52.9 Å². The van der Waals surface area contributed by atoms with E-state index in [0.717, 1.165) is 0 Å². The number of nitrogens with one attached hydrogen (secondary N) is 1. The molecule has 0 bridgehead atoms. The summed E-state index contributed by atoms with van der Waals surface area (Å²) in [5.41, 5.74) is 0.227. The third-order valence-corrected chi connectivity index (χ3v) is 4.52. The van der Waals surface area contributed by atoms with Crippen LogP contribution >= 0.6 is 11.6 Å². The average molecular weight is 311 g/mol. The van der Waals surface area contributed by atoms with Crippen LogP contribution in [0.4, 0.5) is 0 Å². The molecule has 2 aromatic rings. The fraction of sp³-hybridized carbons (Fsp3) is 0.154. The maximum Gasteiger partial charge on any atom is 0.241 e. The Morgan fingerprint density at radius 2 is 2.15 bits per heavy atom. The van der Waals surface area contributed by atoms with Crippen molar-refractivity contribution in [2.45, 2.75) is 17.9 Å². The van der Waals surface area contributed by atoms with E-state index in [1.54, 1.807) is 19.1 Å². The molecule has 0 spiro atoms. The van der Waals surface area contributed by atoms with Crippen molar-refractivity contribution in [1.82, 2.24) is 4.72 Å². The van der Waals surface area contributed by atoms with E-state index in [4.69, 9.17) is 21.3 Å². The van der Waals surface area contributed by atoms with Gasteiger partial charge in [-0.1, -0.05) is 11.6 Å². The molecule has 0 amide bonds. The van der Waals surface area contributed by atoms with E-state index in [0.29, 0.717) is 5.76 Å². The lowest BCUT2D eigenvalue weighted by atomic mass is 10.2. The van der Waals surface area contributed by atoms with Crippen LogP contribution < -0.4 is 4.72 Å². The van der Waals surface area contributed by atoms with E-state index in [1.807, 2.05) is 6.07 Å². The van der Waals surface area contributed by atoms with Crippen molar-refractivity contribution >= 4 is 21.6 Å². The largest absolute Gasteiger partial charge is 0.468 e. The summed E-state index contributed by atoms with van der Waals surface area (Å²) in [6.07, 6.45) is 1.47. The van der Waals surface area contributed by atoms with Gasteiger partial charge in [-0.15, -0.1) is 0 Å². The molecule has 1 N–H and O–H groups in total. The van der Waals surface area contributed by atoms with Crippen LogP contribution in [0.15, 0.2) is 45.9 Å². The summed E-state index contributed by atoms with van der Waals surface area (Å²) in [5.74, 6) is 0.508. The number of furan rings is 1. The van der Waals surface area contributed by atoms with Gasteiger partial charge in [0.2, 0.25) is 10.0 Å². The molecule has 2 rings (SSSR count). The van der Waals surface area contributed by atoms with Crippen LogP contribution in [0, 0.1) is 11.3 Å². The first kappa shape index (κ1) is 14.6. The van der Waals surface area contributed by atoms with Crippen LogP contribution in [0.25, 0.3) is 0 Å². The summed E-state index contributed by atoms with van der Waals surface area (Å²) in [7, 11) is -3.74. The van der Waals surface area contributed by atoms with Gasteiger partial charge in [0, 0.05) is 0 Å². The first-order valence-electron chi connectivity index (χ1n) is 5.69. The fourth-order valence-corrected chi connectivity index (χ4v) is 3.18. The minimum atomic E-state index is -3.74. The zero-order chi connectivity index (χ0) is 14.8. The SMILES string of the molecule is CC(NS(=O)(=O)c1ccc(C#N)c(Cl)c1)c1ccco1. The molecule has 5 nitrogen and oxygen atoms in total. The van der Waals surface area contributed by atoms with Crippen molar-refractivity contribution < 1.29 is 12.8 Å². The molecule has 0 saturated heterocycles. The zero-order valence-corrected chi connectivity index (χ0v) is 12.1. The monoisotopic (exact) mass is 310 g/mol. The molecule has 1 aromatic heterocycles. The van der Waals surface area contributed by atoms with Crippen LogP contribution in [0.2, 0.25) is 5.02 Å². The van der Waals surface area contributed by atoms with E-state index in [9.17, 15) is 8.42 Å². The highest BCUT2D eigenvalue weighted by molar-refractivity contribution is 7.89. The van der Waals surface area contributed by atoms with Gasteiger partial charge in [0.05, 0.1) is 27.8 Å². The number of nitriles is 1. The van der Waals surface area contributed by atoms with E-state index < -0.39 is 16.1 Å². The quantitative estimate of drug-likeness (QED) is 0.941. The Bertz CT molecular complexity index is 748. The smallest absolute Gasteiger partial charge is 0.241 e. The number of hydrogen-bond donors (Lipinski definition) is 1. The van der Waals surface area contributed by atoms with Gasteiger partial charge in [0.1, 0.15) is 11.8 Å². The Kier molecular flexibility index (Phi) is 4.14. The molecular formula is C13H11ClN2O3S. The highest BCUT2D eigenvalue weighted by atomic mass is 35.5. The molecule has 1 unspecified atom stereocenters. The van der Waals surface area contributed by atoms with Gasteiger partial charge in [-0.05, 0) is 37.3 Å². The normalized spacial score (nSPS) is 12.8. The third kappa shape index (κ3) is 3.02. The van der Waals surface area contributed by atoms with Crippen molar-refractivity contribution in [2.24, 2.45) is 0 Å². The zero-order valence-electron chi connectivity index (χ0n) is 10.5. The molecule has 0 aliphatic rings. The van der Waals surface area contributed by atoms with E-state index in [2.05, 4.69) is 4.72 Å². The molecule has 0 radical (unpaired) electrons. The lowest BCUT2D eigenvalue weighted by Crippen LogP contribution is -2.26. The molecule has 0 saturated carbocycles. The lowest BCUT2D eigenvalue weighted by molar-refractivity contribution is 0.459. The Hall–Kier alpha value is -1.81. The van der Waals surface area contributed by atoms with Gasteiger partial charge in [0.15, 0.2) is 0 Å². The molecule has 0 aliphatic carbocycles. The minimum absolute atomic E-state index is 0.0000869. The van der Waals surface area contributed by atoms with Crippen LogP contribution in [-0.4, -0.2) is 8.42 Å². The van der Waals surface area contributed by atoms with Crippen molar-refractivity contribution in [3.8, 4) is 6.07 Å². The van der Waals surface area contributed by atoms with E-state index in [-0.39, 0.29) is 15.5 Å². The molecule has 104 valence electrons. The summed E-state index contributed by atoms with van der Waals surface area (Å²) in [4.78, 5) is -0.0000869. The molecule has 20 heavy (non-hydrogen) atoms. The average Bonchev–Trinajstić information content (AvgIpc) is 2.92. The Morgan fingerprint density at radius 1 is 1.40 bits per heavy atom. The molecule has 0 aliphatic heterocycles. The molecule has 1 aromatic carbocycles. The summed E-state index contributed by atoms with van der Waals surface area (Å²) in [5, 5.41) is 8.87. The number of benzene rings is 1. The highest BCUT2D eigenvalue weighted by Gasteiger charge is 2.20. The molecule has 0 fully saturated rings. The minimum Gasteiger partial charge on any atom is -0.468 e. The fourth-order valence-electron chi connectivity index (χ4n) is 1.65. The lowest BCUT2D eigenvalue weighted by Gasteiger charge is -2.12. The van der Waals surface area contributed by atoms with Crippen LogP contribution in [0.3, 0.4) is 0 Å². The van der Waals surface area contributed by atoms with Gasteiger partial charge in [-0.2, -0.15) is 5.26 Å². The maximum atomic E-state index is 12.2. The number of hydrogen-bond acceptors (Lipinski definition) is 4. The Labute approximate surface area is 121 Å². The molecule has 7 heteroatoms.